The minimum atomic E-state index is -0.485. The van der Waals surface area contributed by atoms with Crippen molar-refractivity contribution < 1.29 is 9.53 Å². The first kappa shape index (κ1) is 16.8. The van der Waals surface area contributed by atoms with Gasteiger partial charge in [0.05, 0.1) is 11.3 Å². The summed E-state index contributed by atoms with van der Waals surface area (Å²) in [6.07, 6.45) is 3.20. The molecule has 0 radical (unpaired) electrons. The Labute approximate surface area is 137 Å². The van der Waals surface area contributed by atoms with E-state index in [0.717, 1.165) is 0 Å². The van der Waals surface area contributed by atoms with Crippen molar-refractivity contribution in [1.29, 1.82) is 5.26 Å². The maximum atomic E-state index is 12.0. The van der Waals surface area contributed by atoms with Crippen molar-refractivity contribution >= 4 is 11.7 Å². The molecule has 0 aromatic carbocycles. The molecule has 1 aromatic heterocycles. The topological polar surface area (TPSA) is 69.5 Å². The van der Waals surface area contributed by atoms with Gasteiger partial charge in [-0.05, 0) is 32.9 Å². The summed E-state index contributed by atoms with van der Waals surface area (Å²) in [6, 6.07) is 7.67. The smallest absolute Gasteiger partial charge is 0.410 e. The van der Waals surface area contributed by atoms with E-state index in [1.807, 2.05) is 50.1 Å². The molecule has 1 aromatic rings. The SMILES string of the molecule is CC(C)(C)OC(=O)N1CCN(C=C(C#N)c2ccccn2)CC1. The average molecular weight is 314 g/mol. The summed E-state index contributed by atoms with van der Waals surface area (Å²) in [7, 11) is 0. The molecule has 0 atom stereocenters. The first-order chi connectivity index (χ1) is 10.9. The van der Waals surface area contributed by atoms with Crippen molar-refractivity contribution in [2.75, 3.05) is 26.2 Å². The van der Waals surface area contributed by atoms with Crippen molar-refractivity contribution in [1.82, 2.24) is 14.8 Å². The number of hydrogen-bond acceptors (Lipinski definition) is 5. The Balaban J connectivity index is 1.95. The van der Waals surface area contributed by atoms with E-state index >= 15 is 0 Å². The Morgan fingerprint density at radius 2 is 2.00 bits per heavy atom. The van der Waals surface area contributed by atoms with E-state index in [4.69, 9.17) is 4.74 Å². The van der Waals surface area contributed by atoms with Gasteiger partial charge < -0.3 is 14.5 Å². The first-order valence-corrected chi connectivity index (χ1v) is 7.64. The lowest BCUT2D eigenvalue weighted by atomic mass is 10.2. The van der Waals surface area contributed by atoms with Crippen LogP contribution in [0.4, 0.5) is 4.79 Å². The number of ether oxygens (including phenoxy) is 1. The zero-order valence-corrected chi connectivity index (χ0v) is 13.8. The van der Waals surface area contributed by atoms with Crippen LogP contribution in [0.25, 0.3) is 5.57 Å². The number of hydrogen-bond donors (Lipinski definition) is 0. The van der Waals surface area contributed by atoms with E-state index in [1.165, 1.54) is 0 Å². The number of piperazine rings is 1. The fraction of sp³-hybridized carbons (Fsp3) is 0.471. The van der Waals surface area contributed by atoms with Crippen LogP contribution < -0.4 is 0 Å². The zero-order valence-electron chi connectivity index (χ0n) is 13.8. The summed E-state index contributed by atoms with van der Waals surface area (Å²) < 4.78 is 5.37. The zero-order chi connectivity index (χ0) is 16.9. The van der Waals surface area contributed by atoms with Crippen molar-refractivity contribution in [3.8, 4) is 6.07 Å². The van der Waals surface area contributed by atoms with E-state index in [2.05, 4.69) is 11.1 Å². The van der Waals surface area contributed by atoms with Gasteiger partial charge in [0.2, 0.25) is 0 Å². The summed E-state index contributed by atoms with van der Waals surface area (Å²) in [5, 5.41) is 9.31. The predicted molar refractivity (Wildman–Crippen MR) is 87.2 cm³/mol. The van der Waals surface area contributed by atoms with Crippen LogP contribution in [0.2, 0.25) is 0 Å². The minimum Gasteiger partial charge on any atom is -0.444 e. The van der Waals surface area contributed by atoms with Gasteiger partial charge >= 0.3 is 6.09 Å². The Morgan fingerprint density at radius 1 is 1.30 bits per heavy atom. The van der Waals surface area contributed by atoms with Crippen LogP contribution in [0, 0.1) is 11.3 Å². The number of carbonyl (C=O) groups excluding carboxylic acids is 1. The van der Waals surface area contributed by atoms with Gasteiger partial charge in [0.25, 0.3) is 0 Å². The summed E-state index contributed by atoms with van der Waals surface area (Å²) in [4.78, 5) is 20.0. The van der Waals surface area contributed by atoms with Crippen molar-refractivity contribution in [3.05, 3.63) is 36.3 Å². The van der Waals surface area contributed by atoms with Crippen molar-refractivity contribution in [2.45, 2.75) is 26.4 Å². The summed E-state index contributed by atoms with van der Waals surface area (Å²) in [5.74, 6) is 0. The molecule has 6 nitrogen and oxygen atoms in total. The highest BCUT2D eigenvalue weighted by Gasteiger charge is 2.25. The van der Waals surface area contributed by atoms with Crippen LogP contribution in [0.1, 0.15) is 26.5 Å². The fourth-order valence-corrected chi connectivity index (χ4v) is 2.22. The largest absolute Gasteiger partial charge is 0.444 e. The van der Waals surface area contributed by atoms with Crippen molar-refractivity contribution in [3.63, 3.8) is 0 Å². The predicted octanol–water partition coefficient (Wildman–Crippen LogP) is 2.50. The lowest BCUT2D eigenvalue weighted by Gasteiger charge is -2.35. The van der Waals surface area contributed by atoms with Crippen LogP contribution in [0.15, 0.2) is 30.6 Å². The third-order valence-electron chi connectivity index (χ3n) is 3.34. The molecule has 1 amide bonds. The molecule has 2 heterocycles. The highest BCUT2D eigenvalue weighted by Crippen LogP contribution is 2.15. The Kier molecular flexibility index (Phi) is 5.22. The van der Waals surface area contributed by atoms with Crippen LogP contribution in [-0.4, -0.2) is 52.7 Å². The molecule has 6 heteroatoms. The van der Waals surface area contributed by atoms with E-state index in [-0.39, 0.29) is 6.09 Å². The summed E-state index contributed by atoms with van der Waals surface area (Å²) in [6.45, 7) is 8.05. The second kappa shape index (κ2) is 7.14. The second-order valence-corrected chi connectivity index (χ2v) is 6.37. The van der Waals surface area contributed by atoms with Gasteiger partial charge in [0, 0.05) is 38.6 Å². The molecule has 23 heavy (non-hydrogen) atoms. The van der Waals surface area contributed by atoms with Crippen molar-refractivity contribution in [2.24, 2.45) is 0 Å². The number of amides is 1. The van der Waals surface area contributed by atoms with Gasteiger partial charge in [-0.2, -0.15) is 5.26 Å². The standard InChI is InChI=1S/C17H22N4O2/c1-17(2,3)23-16(22)21-10-8-20(9-11-21)13-14(12-18)15-6-4-5-7-19-15/h4-7,13H,8-11H2,1-3H3. The van der Waals surface area contributed by atoms with E-state index < -0.39 is 5.60 Å². The highest BCUT2D eigenvalue weighted by molar-refractivity contribution is 5.74. The lowest BCUT2D eigenvalue weighted by molar-refractivity contribution is 0.0177. The molecule has 1 fully saturated rings. The molecule has 0 aliphatic carbocycles. The molecule has 1 saturated heterocycles. The molecule has 0 saturated carbocycles. The molecule has 1 aliphatic rings. The third kappa shape index (κ3) is 4.99. The number of carbonyl (C=O) groups is 1. The third-order valence-corrected chi connectivity index (χ3v) is 3.34. The number of allylic oxidation sites excluding steroid dienone is 1. The summed E-state index contributed by atoms with van der Waals surface area (Å²) in [5.41, 5.74) is 0.696. The van der Waals surface area contributed by atoms with Crippen LogP contribution in [0.5, 0.6) is 0 Å². The van der Waals surface area contributed by atoms with Crippen LogP contribution in [-0.2, 0) is 4.74 Å². The molecule has 122 valence electrons. The fourth-order valence-electron chi connectivity index (χ4n) is 2.22. The highest BCUT2D eigenvalue weighted by atomic mass is 16.6. The monoisotopic (exact) mass is 314 g/mol. The van der Waals surface area contributed by atoms with Crippen LogP contribution in [0.3, 0.4) is 0 Å². The van der Waals surface area contributed by atoms with Gasteiger partial charge in [-0.25, -0.2) is 4.79 Å². The maximum absolute atomic E-state index is 12.0. The number of rotatable bonds is 2. The Bertz CT molecular complexity index is 606. The Hall–Kier alpha value is -2.55. The maximum Gasteiger partial charge on any atom is 0.410 e. The van der Waals surface area contributed by atoms with Crippen LogP contribution >= 0.6 is 0 Å². The van der Waals surface area contributed by atoms with Gasteiger partial charge in [0.1, 0.15) is 11.7 Å². The van der Waals surface area contributed by atoms with Gasteiger partial charge in [-0.15, -0.1) is 0 Å². The lowest BCUT2D eigenvalue weighted by Crippen LogP contribution is -2.48. The molecular weight excluding hydrogens is 292 g/mol. The van der Waals surface area contributed by atoms with Gasteiger partial charge in [0.15, 0.2) is 0 Å². The molecule has 0 unspecified atom stereocenters. The quantitative estimate of drug-likeness (QED) is 0.784. The number of pyridine rings is 1. The van der Waals surface area contributed by atoms with E-state index in [1.54, 1.807) is 11.1 Å². The molecule has 0 N–H and O–H groups in total. The number of aromatic nitrogens is 1. The van der Waals surface area contributed by atoms with Gasteiger partial charge in [-0.1, -0.05) is 6.07 Å². The Morgan fingerprint density at radius 3 is 2.52 bits per heavy atom. The molecular formula is C17H22N4O2. The first-order valence-electron chi connectivity index (χ1n) is 7.64. The van der Waals surface area contributed by atoms with Gasteiger partial charge in [-0.3, -0.25) is 4.98 Å². The minimum absolute atomic E-state index is 0.286. The normalized spacial score (nSPS) is 16.0. The average Bonchev–Trinajstić information content (AvgIpc) is 2.52. The molecule has 2 rings (SSSR count). The number of nitrogens with zero attached hydrogens (tertiary/aromatic N) is 4. The molecule has 0 spiro atoms. The molecule has 0 bridgehead atoms. The van der Waals surface area contributed by atoms with E-state index in [9.17, 15) is 10.1 Å². The molecule has 1 aliphatic heterocycles. The summed E-state index contributed by atoms with van der Waals surface area (Å²) >= 11 is 0. The van der Waals surface area contributed by atoms with E-state index in [0.29, 0.717) is 37.4 Å². The second-order valence-electron chi connectivity index (χ2n) is 6.37. The number of nitriles is 1.